The van der Waals surface area contributed by atoms with Gasteiger partial charge < -0.3 is 10.3 Å². The van der Waals surface area contributed by atoms with Crippen molar-refractivity contribution in [1.29, 1.82) is 0 Å². The molecule has 5 heteroatoms. The fourth-order valence-electron chi connectivity index (χ4n) is 1.27. The van der Waals surface area contributed by atoms with Gasteiger partial charge in [-0.2, -0.15) is 0 Å². The molecule has 2 rings (SSSR count). The SMILES string of the molecule is CC(=O)Nc1ccc2[nH]c(S)nc2c1. The van der Waals surface area contributed by atoms with Crippen LogP contribution in [0.25, 0.3) is 11.0 Å². The molecule has 1 aromatic heterocycles. The quantitative estimate of drug-likeness (QED) is 0.625. The Labute approximate surface area is 86.1 Å². The van der Waals surface area contributed by atoms with Crippen molar-refractivity contribution < 1.29 is 4.79 Å². The summed E-state index contributed by atoms with van der Waals surface area (Å²) >= 11 is 4.09. The number of carbonyl (C=O) groups is 1. The summed E-state index contributed by atoms with van der Waals surface area (Å²) in [6.07, 6.45) is 0. The number of imidazole rings is 1. The van der Waals surface area contributed by atoms with E-state index in [1.807, 2.05) is 12.1 Å². The van der Waals surface area contributed by atoms with Crippen LogP contribution in [0, 0.1) is 0 Å². The van der Waals surface area contributed by atoms with Gasteiger partial charge in [0.25, 0.3) is 0 Å². The van der Waals surface area contributed by atoms with Crippen molar-refractivity contribution in [3.63, 3.8) is 0 Å². The number of hydrogen-bond acceptors (Lipinski definition) is 3. The van der Waals surface area contributed by atoms with E-state index < -0.39 is 0 Å². The zero-order valence-electron chi connectivity index (χ0n) is 7.53. The lowest BCUT2D eigenvalue weighted by molar-refractivity contribution is -0.114. The predicted octanol–water partition coefficient (Wildman–Crippen LogP) is 1.81. The second-order valence-electron chi connectivity index (χ2n) is 2.97. The van der Waals surface area contributed by atoms with E-state index in [9.17, 15) is 4.79 Å². The molecule has 1 amide bonds. The van der Waals surface area contributed by atoms with E-state index in [1.54, 1.807) is 6.07 Å². The molecule has 0 aliphatic heterocycles. The summed E-state index contributed by atoms with van der Waals surface area (Å²) in [5, 5.41) is 3.26. The summed E-state index contributed by atoms with van der Waals surface area (Å²) < 4.78 is 0. The van der Waals surface area contributed by atoms with E-state index in [0.717, 1.165) is 16.7 Å². The molecule has 14 heavy (non-hydrogen) atoms. The fourth-order valence-corrected chi connectivity index (χ4v) is 1.50. The van der Waals surface area contributed by atoms with Gasteiger partial charge in [-0.3, -0.25) is 4.79 Å². The highest BCUT2D eigenvalue weighted by Crippen LogP contribution is 2.18. The maximum Gasteiger partial charge on any atom is 0.221 e. The molecule has 0 saturated carbocycles. The van der Waals surface area contributed by atoms with Gasteiger partial charge in [0, 0.05) is 12.6 Å². The molecule has 0 saturated heterocycles. The van der Waals surface area contributed by atoms with Gasteiger partial charge in [0.05, 0.1) is 11.0 Å². The second kappa shape index (κ2) is 3.34. The maximum absolute atomic E-state index is 10.8. The van der Waals surface area contributed by atoms with E-state index in [-0.39, 0.29) is 5.91 Å². The average molecular weight is 207 g/mol. The van der Waals surface area contributed by atoms with Gasteiger partial charge >= 0.3 is 0 Å². The predicted molar refractivity (Wildman–Crippen MR) is 57.6 cm³/mol. The van der Waals surface area contributed by atoms with Crippen molar-refractivity contribution in [1.82, 2.24) is 9.97 Å². The van der Waals surface area contributed by atoms with Crippen LogP contribution in [0.3, 0.4) is 0 Å². The number of rotatable bonds is 1. The molecule has 0 spiro atoms. The maximum atomic E-state index is 10.8. The number of H-pyrrole nitrogens is 1. The first-order valence-corrected chi connectivity index (χ1v) is 4.56. The highest BCUT2D eigenvalue weighted by Gasteiger charge is 2.01. The zero-order chi connectivity index (χ0) is 10.1. The monoisotopic (exact) mass is 207 g/mol. The third-order valence-corrected chi connectivity index (χ3v) is 2.00. The Kier molecular flexibility index (Phi) is 2.17. The van der Waals surface area contributed by atoms with Crippen LogP contribution < -0.4 is 5.32 Å². The molecule has 0 fully saturated rings. The Morgan fingerprint density at radius 3 is 3.07 bits per heavy atom. The van der Waals surface area contributed by atoms with Gasteiger partial charge in [0.15, 0.2) is 5.16 Å². The lowest BCUT2D eigenvalue weighted by Gasteiger charge is -1.99. The Morgan fingerprint density at radius 2 is 2.36 bits per heavy atom. The minimum Gasteiger partial charge on any atom is -0.333 e. The summed E-state index contributed by atoms with van der Waals surface area (Å²) in [4.78, 5) is 17.9. The summed E-state index contributed by atoms with van der Waals surface area (Å²) in [5.41, 5.74) is 2.44. The van der Waals surface area contributed by atoms with E-state index in [1.165, 1.54) is 6.92 Å². The number of nitrogens with zero attached hydrogens (tertiary/aromatic N) is 1. The molecule has 1 heterocycles. The molecule has 0 atom stereocenters. The van der Waals surface area contributed by atoms with E-state index in [2.05, 4.69) is 27.9 Å². The molecular formula is C9H9N3OS. The molecule has 0 aliphatic rings. The molecule has 0 unspecified atom stereocenters. The van der Waals surface area contributed by atoms with Crippen LogP contribution in [0.5, 0.6) is 0 Å². The number of fused-ring (bicyclic) bond motifs is 1. The number of hydrogen-bond donors (Lipinski definition) is 3. The number of nitrogens with one attached hydrogen (secondary N) is 2. The van der Waals surface area contributed by atoms with E-state index >= 15 is 0 Å². The Hall–Kier alpha value is -1.49. The van der Waals surface area contributed by atoms with Crippen LogP contribution in [-0.4, -0.2) is 15.9 Å². The third kappa shape index (κ3) is 1.72. The van der Waals surface area contributed by atoms with Gasteiger partial charge in [-0.1, -0.05) is 0 Å². The third-order valence-electron chi connectivity index (χ3n) is 1.79. The molecule has 4 nitrogen and oxygen atoms in total. The average Bonchev–Trinajstić information content (AvgIpc) is 2.42. The standard InChI is InChI=1S/C9H9N3OS/c1-5(13)10-6-2-3-7-8(4-6)12-9(14)11-7/h2-4H,1H3,(H,10,13)(H2,11,12,14). The number of benzene rings is 1. The van der Waals surface area contributed by atoms with Crippen LogP contribution in [0.1, 0.15) is 6.92 Å². The lowest BCUT2D eigenvalue weighted by atomic mass is 10.3. The van der Waals surface area contributed by atoms with Crippen LogP contribution in [0.4, 0.5) is 5.69 Å². The molecule has 0 radical (unpaired) electrons. The van der Waals surface area contributed by atoms with Gasteiger partial charge in [-0.25, -0.2) is 4.98 Å². The second-order valence-corrected chi connectivity index (χ2v) is 3.40. The molecular weight excluding hydrogens is 198 g/mol. The van der Waals surface area contributed by atoms with Crippen LogP contribution in [-0.2, 0) is 4.79 Å². The van der Waals surface area contributed by atoms with Crippen molar-refractivity contribution in [3.05, 3.63) is 18.2 Å². The summed E-state index contributed by atoms with van der Waals surface area (Å²) in [6, 6.07) is 5.47. The highest BCUT2D eigenvalue weighted by atomic mass is 32.1. The van der Waals surface area contributed by atoms with Gasteiger partial charge in [-0.15, -0.1) is 12.6 Å². The van der Waals surface area contributed by atoms with Crippen molar-refractivity contribution in [2.45, 2.75) is 12.1 Å². The number of amides is 1. The summed E-state index contributed by atoms with van der Waals surface area (Å²) in [6.45, 7) is 1.47. The minimum atomic E-state index is -0.0917. The minimum absolute atomic E-state index is 0.0917. The topological polar surface area (TPSA) is 57.8 Å². The first kappa shape index (κ1) is 9.08. The van der Waals surface area contributed by atoms with Crippen molar-refractivity contribution in [2.75, 3.05) is 5.32 Å². The van der Waals surface area contributed by atoms with Crippen molar-refractivity contribution >= 4 is 35.3 Å². The first-order chi connectivity index (χ1) is 6.65. The van der Waals surface area contributed by atoms with E-state index in [0.29, 0.717) is 5.16 Å². The largest absolute Gasteiger partial charge is 0.333 e. The number of anilines is 1. The number of aromatic nitrogens is 2. The van der Waals surface area contributed by atoms with Crippen LogP contribution in [0.15, 0.2) is 23.4 Å². The summed E-state index contributed by atoms with van der Waals surface area (Å²) in [7, 11) is 0. The zero-order valence-corrected chi connectivity index (χ0v) is 8.43. The van der Waals surface area contributed by atoms with Gasteiger partial charge in [0.1, 0.15) is 0 Å². The fraction of sp³-hybridized carbons (Fsp3) is 0.111. The van der Waals surface area contributed by atoms with Gasteiger partial charge in [0.2, 0.25) is 5.91 Å². The molecule has 1 aromatic carbocycles. The Bertz CT molecular complexity index is 492. The molecule has 2 aromatic rings. The Morgan fingerprint density at radius 1 is 1.57 bits per heavy atom. The smallest absolute Gasteiger partial charge is 0.221 e. The molecule has 0 aliphatic carbocycles. The van der Waals surface area contributed by atoms with Crippen LogP contribution in [0.2, 0.25) is 0 Å². The summed E-state index contributed by atoms with van der Waals surface area (Å²) in [5.74, 6) is -0.0917. The Balaban J connectivity index is 2.45. The van der Waals surface area contributed by atoms with Crippen LogP contribution >= 0.6 is 12.6 Å². The van der Waals surface area contributed by atoms with Gasteiger partial charge in [-0.05, 0) is 18.2 Å². The number of aromatic amines is 1. The lowest BCUT2D eigenvalue weighted by Crippen LogP contribution is -2.05. The number of carbonyl (C=O) groups excluding carboxylic acids is 1. The molecule has 72 valence electrons. The number of thiol groups is 1. The normalized spacial score (nSPS) is 10.4. The molecule has 2 N–H and O–H groups in total. The first-order valence-electron chi connectivity index (χ1n) is 4.11. The van der Waals surface area contributed by atoms with E-state index in [4.69, 9.17) is 0 Å². The van der Waals surface area contributed by atoms with Crippen molar-refractivity contribution in [3.8, 4) is 0 Å². The van der Waals surface area contributed by atoms with Crippen molar-refractivity contribution in [2.24, 2.45) is 0 Å². The molecule has 0 bridgehead atoms. The highest BCUT2D eigenvalue weighted by molar-refractivity contribution is 7.80.